The Kier molecular flexibility index (Phi) is 8.88. The lowest BCUT2D eigenvalue weighted by atomic mass is 9.91. The number of rotatable bonds is 9. The van der Waals surface area contributed by atoms with Crippen molar-refractivity contribution in [3.63, 3.8) is 0 Å². The molecule has 0 saturated carbocycles. The number of thiazole rings is 1. The Morgan fingerprint density at radius 1 is 1.09 bits per heavy atom. The average molecular weight is 594 g/mol. The summed E-state index contributed by atoms with van der Waals surface area (Å²) in [6, 6.07) is 23.9. The van der Waals surface area contributed by atoms with Crippen molar-refractivity contribution in [3.05, 3.63) is 120 Å². The normalized spacial score (nSPS) is 14.6. The summed E-state index contributed by atoms with van der Waals surface area (Å²) in [6.45, 7) is 6.06. The molecule has 8 nitrogen and oxygen atoms in total. The number of carbonyl (C=O) groups excluding carboxylic acids is 1. The van der Waals surface area contributed by atoms with Crippen LogP contribution in [0.2, 0.25) is 0 Å². The van der Waals surface area contributed by atoms with Crippen LogP contribution >= 0.6 is 11.3 Å². The van der Waals surface area contributed by atoms with E-state index in [4.69, 9.17) is 24.5 Å². The Labute approximate surface area is 253 Å². The fraction of sp³-hybridized carbons (Fsp3) is 0.235. The number of ether oxygens (including phenoxy) is 3. The first kappa shape index (κ1) is 29.5. The Bertz CT molecular complexity index is 1900. The van der Waals surface area contributed by atoms with E-state index in [2.05, 4.69) is 13.8 Å². The Morgan fingerprint density at radius 3 is 2.49 bits per heavy atom. The summed E-state index contributed by atoms with van der Waals surface area (Å²) in [4.78, 5) is 33.1. The van der Waals surface area contributed by atoms with E-state index < -0.39 is 12.0 Å². The highest BCUT2D eigenvalue weighted by Gasteiger charge is 2.35. The summed E-state index contributed by atoms with van der Waals surface area (Å²) in [6.07, 6.45) is 1.76. The molecular formula is C34H31N3O5S. The van der Waals surface area contributed by atoms with Gasteiger partial charge in [-0.3, -0.25) is 9.36 Å². The minimum atomic E-state index is -0.745. The van der Waals surface area contributed by atoms with E-state index in [1.165, 1.54) is 18.4 Å². The number of methoxy groups -OCH3 is 1. The second-order valence-electron chi connectivity index (χ2n) is 10.1. The molecule has 218 valence electrons. The minimum Gasteiger partial charge on any atom is -0.493 e. The predicted molar refractivity (Wildman–Crippen MR) is 166 cm³/mol. The summed E-state index contributed by atoms with van der Waals surface area (Å²) in [5.41, 5.74) is 3.90. The SMILES string of the molecule is CCOC(=O)C1=C(c2ccccc2)N=c2s/c(=C\c3ccc(OCC#N)c(OC)c3)c(=O)n2[C@H]1c1ccc(C(C)C)cc1. The smallest absolute Gasteiger partial charge is 0.338 e. The Morgan fingerprint density at radius 2 is 1.84 bits per heavy atom. The van der Waals surface area contributed by atoms with Crippen LogP contribution in [0.4, 0.5) is 0 Å². The van der Waals surface area contributed by atoms with Crippen LogP contribution in [0.5, 0.6) is 11.5 Å². The van der Waals surface area contributed by atoms with Crippen molar-refractivity contribution in [2.75, 3.05) is 20.3 Å². The van der Waals surface area contributed by atoms with Crippen LogP contribution in [0, 0.1) is 11.3 Å². The van der Waals surface area contributed by atoms with E-state index in [1.807, 2.05) is 60.7 Å². The molecule has 4 aromatic rings. The van der Waals surface area contributed by atoms with Gasteiger partial charge in [0.25, 0.3) is 5.56 Å². The number of nitrogens with zero attached hydrogens (tertiary/aromatic N) is 3. The number of carbonyl (C=O) groups is 1. The van der Waals surface area contributed by atoms with Gasteiger partial charge in [-0.15, -0.1) is 0 Å². The predicted octanol–water partition coefficient (Wildman–Crippen LogP) is 4.97. The van der Waals surface area contributed by atoms with Gasteiger partial charge < -0.3 is 14.2 Å². The number of nitriles is 1. The van der Waals surface area contributed by atoms with Crippen LogP contribution in [0.15, 0.2) is 88.2 Å². The topological polar surface area (TPSA) is 103 Å². The van der Waals surface area contributed by atoms with Crippen molar-refractivity contribution < 1.29 is 19.0 Å². The summed E-state index contributed by atoms with van der Waals surface area (Å²) in [5.74, 6) is 0.676. The number of fused-ring (bicyclic) bond motifs is 1. The van der Waals surface area contributed by atoms with Crippen LogP contribution in [0.25, 0.3) is 11.8 Å². The molecule has 2 heterocycles. The van der Waals surface area contributed by atoms with Gasteiger partial charge in [-0.1, -0.05) is 85.8 Å². The molecule has 1 aliphatic heterocycles. The monoisotopic (exact) mass is 593 g/mol. The van der Waals surface area contributed by atoms with Crippen molar-refractivity contribution in [2.45, 2.75) is 32.7 Å². The quantitative estimate of drug-likeness (QED) is 0.254. The maximum absolute atomic E-state index is 14.1. The van der Waals surface area contributed by atoms with Gasteiger partial charge in [0.05, 0.1) is 35.6 Å². The third-order valence-corrected chi connectivity index (χ3v) is 8.05. The maximum Gasteiger partial charge on any atom is 0.338 e. The zero-order valence-electron chi connectivity index (χ0n) is 24.4. The molecule has 1 aliphatic rings. The molecular weight excluding hydrogens is 562 g/mol. The van der Waals surface area contributed by atoms with Crippen LogP contribution < -0.4 is 24.4 Å². The summed E-state index contributed by atoms with van der Waals surface area (Å²) in [5, 5.41) is 8.87. The summed E-state index contributed by atoms with van der Waals surface area (Å²) >= 11 is 1.25. The lowest BCUT2D eigenvalue weighted by Gasteiger charge is -2.26. The first-order valence-electron chi connectivity index (χ1n) is 13.9. The molecule has 0 amide bonds. The van der Waals surface area contributed by atoms with Gasteiger partial charge in [0.2, 0.25) is 0 Å². The van der Waals surface area contributed by atoms with Gasteiger partial charge in [0.15, 0.2) is 22.9 Å². The number of aromatic nitrogens is 1. The van der Waals surface area contributed by atoms with E-state index in [-0.39, 0.29) is 18.8 Å². The number of esters is 1. The zero-order chi connectivity index (χ0) is 30.5. The molecule has 5 rings (SSSR count). The Hall–Kier alpha value is -4.94. The fourth-order valence-corrected chi connectivity index (χ4v) is 5.97. The minimum absolute atomic E-state index is 0.112. The largest absolute Gasteiger partial charge is 0.493 e. The van der Waals surface area contributed by atoms with Crippen LogP contribution in [0.1, 0.15) is 55.0 Å². The first-order chi connectivity index (χ1) is 20.9. The zero-order valence-corrected chi connectivity index (χ0v) is 25.2. The van der Waals surface area contributed by atoms with Gasteiger partial charge in [0, 0.05) is 5.56 Å². The molecule has 9 heteroatoms. The van der Waals surface area contributed by atoms with E-state index in [0.717, 1.165) is 16.7 Å². The van der Waals surface area contributed by atoms with Gasteiger partial charge in [0.1, 0.15) is 6.07 Å². The van der Waals surface area contributed by atoms with Gasteiger partial charge in [-0.05, 0) is 47.7 Å². The number of hydrogen-bond acceptors (Lipinski definition) is 8. The average Bonchev–Trinajstić information content (AvgIpc) is 3.34. The summed E-state index contributed by atoms with van der Waals surface area (Å²) < 4.78 is 18.5. The molecule has 1 atom stereocenters. The van der Waals surface area contributed by atoms with Gasteiger partial charge >= 0.3 is 5.97 Å². The summed E-state index contributed by atoms with van der Waals surface area (Å²) in [7, 11) is 1.51. The second-order valence-corrected chi connectivity index (χ2v) is 11.1. The third-order valence-electron chi connectivity index (χ3n) is 7.07. The molecule has 0 bridgehead atoms. The highest BCUT2D eigenvalue weighted by Crippen LogP contribution is 2.35. The van der Waals surface area contributed by atoms with Crippen LogP contribution in [0.3, 0.4) is 0 Å². The van der Waals surface area contributed by atoms with Crippen LogP contribution in [-0.4, -0.2) is 30.9 Å². The van der Waals surface area contributed by atoms with Crippen molar-refractivity contribution >= 4 is 29.1 Å². The molecule has 0 spiro atoms. The highest BCUT2D eigenvalue weighted by atomic mass is 32.1. The molecule has 0 radical (unpaired) electrons. The first-order valence-corrected chi connectivity index (χ1v) is 14.7. The second kappa shape index (κ2) is 12.9. The van der Waals surface area contributed by atoms with Crippen molar-refractivity contribution in [1.29, 1.82) is 5.26 Å². The van der Waals surface area contributed by atoms with E-state index in [1.54, 1.807) is 35.8 Å². The van der Waals surface area contributed by atoms with Gasteiger partial charge in [-0.25, -0.2) is 9.79 Å². The van der Waals surface area contributed by atoms with Crippen LogP contribution in [-0.2, 0) is 9.53 Å². The highest BCUT2D eigenvalue weighted by molar-refractivity contribution is 7.07. The number of hydrogen-bond donors (Lipinski definition) is 0. The molecule has 0 fully saturated rings. The van der Waals surface area contributed by atoms with Crippen molar-refractivity contribution in [1.82, 2.24) is 4.57 Å². The molecule has 0 saturated heterocycles. The third kappa shape index (κ3) is 6.01. The molecule has 1 aromatic heterocycles. The fourth-order valence-electron chi connectivity index (χ4n) is 4.97. The standard InChI is InChI=1S/C34H31N3O5S/c1-5-41-33(39)29-30(24-9-7-6-8-10-24)36-34-37(31(29)25-14-12-23(13-15-25)21(2)3)32(38)28(43-34)20-22-11-16-26(42-18-17-35)27(19-22)40-4/h6-16,19-21,31H,5,18H2,1-4H3/b28-20-/t31-/m0/s1. The lowest BCUT2D eigenvalue weighted by molar-refractivity contribution is -0.138. The molecule has 0 aliphatic carbocycles. The Balaban J connectivity index is 1.75. The number of benzene rings is 3. The van der Waals surface area contributed by atoms with Gasteiger partial charge in [-0.2, -0.15) is 5.26 Å². The molecule has 43 heavy (non-hydrogen) atoms. The van der Waals surface area contributed by atoms with E-state index in [0.29, 0.717) is 43.6 Å². The van der Waals surface area contributed by atoms with E-state index >= 15 is 0 Å². The van der Waals surface area contributed by atoms with Crippen molar-refractivity contribution in [2.24, 2.45) is 4.99 Å². The maximum atomic E-state index is 14.1. The van der Waals surface area contributed by atoms with Crippen molar-refractivity contribution in [3.8, 4) is 17.6 Å². The molecule has 3 aromatic carbocycles. The molecule has 0 N–H and O–H groups in total. The lowest BCUT2D eigenvalue weighted by Crippen LogP contribution is -2.40. The van der Waals surface area contributed by atoms with E-state index in [9.17, 15) is 9.59 Å². The molecule has 0 unspecified atom stereocenters.